The lowest BCUT2D eigenvalue weighted by Gasteiger charge is -2.28. The molecule has 0 radical (unpaired) electrons. The number of anilines is 2. The summed E-state index contributed by atoms with van der Waals surface area (Å²) in [6, 6.07) is 3.00. The van der Waals surface area contributed by atoms with Gasteiger partial charge in [-0.05, 0) is 18.1 Å². The molecule has 0 aliphatic rings. The van der Waals surface area contributed by atoms with Gasteiger partial charge in [-0.2, -0.15) is 0 Å². The summed E-state index contributed by atoms with van der Waals surface area (Å²) < 4.78 is 4.75. The van der Waals surface area contributed by atoms with Crippen LogP contribution in [-0.4, -0.2) is 32.1 Å². The van der Waals surface area contributed by atoms with Crippen molar-refractivity contribution in [3.05, 3.63) is 22.7 Å². The number of amides is 1. The van der Waals surface area contributed by atoms with Crippen LogP contribution in [0.1, 0.15) is 24.2 Å². The molecule has 1 aromatic rings. The van der Waals surface area contributed by atoms with E-state index in [4.69, 9.17) is 27.8 Å². The number of carbonyl (C=O) groups excluding carboxylic acids is 2. The van der Waals surface area contributed by atoms with Crippen LogP contribution in [0.25, 0.3) is 0 Å². The number of esters is 1. The molecule has 0 atom stereocenters. The number of benzene rings is 1. The average molecular weight is 314 g/mol. The van der Waals surface area contributed by atoms with Gasteiger partial charge >= 0.3 is 5.97 Å². The normalized spacial score (nSPS) is 10.5. The lowest BCUT2D eigenvalue weighted by Crippen LogP contribution is -2.37. The topological polar surface area (TPSA) is 98.7 Å². The van der Waals surface area contributed by atoms with E-state index in [1.165, 1.54) is 19.2 Å². The second kappa shape index (κ2) is 7.17. The number of carbonyl (C=O) groups is 2. The fourth-order valence-corrected chi connectivity index (χ4v) is 2.42. The zero-order valence-electron chi connectivity index (χ0n) is 12.4. The number of rotatable bonds is 6. The van der Waals surface area contributed by atoms with Gasteiger partial charge in [-0.15, -0.1) is 0 Å². The van der Waals surface area contributed by atoms with E-state index in [9.17, 15) is 9.59 Å². The average Bonchev–Trinajstić information content (AvgIpc) is 2.34. The summed E-state index contributed by atoms with van der Waals surface area (Å²) in [7, 11) is 1.27. The molecular weight excluding hydrogens is 294 g/mol. The lowest BCUT2D eigenvalue weighted by atomic mass is 10.1. The molecule has 0 aliphatic carbocycles. The van der Waals surface area contributed by atoms with E-state index in [-0.39, 0.29) is 23.0 Å². The maximum Gasteiger partial charge on any atom is 0.340 e. The first-order valence-electron chi connectivity index (χ1n) is 6.46. The van der Waals surface area contributed by atoms with Crippen molar-refractivity contribution >= 4 is 34.9 Å². The van der Waals surface area contributed by atoms with Gasteiger partial charge in [-0.1, -0.05) is 25.4 Å². The Labute approximate surface area is 129 Å². The van der Waals surface area contributed by atoms with Crippen molar-refractivity contribution in [2.24, 2.45) is 11.7 Å². The molecule has 6 nitrogen and oxygen atoms in total. The Morgan fingerprint density at radius 2 is 2.00 bits per heavy atom. The number of nitrogen functional groups attached to an aromatic ring is 1. The van der Waals surface area contributed by atoms with Crippen LogP contribution >= 0.6 is 11.6 Å². The van der Waals surface area contributed by atoms with E-state index in [0.29, 0.717) is 17.9 Å². The van der Waals surface area contributed by atoms with Crippen LogP contribution in [0.5, 0.6) is 0 Å². The minimum absolute atomic E-state index is 0.0498. The van der Waals surface area contributed by atoms with Crippen LogP contribution in [-0.2, 0) is 9.53 Å². The number of methoxy groups -OCH3 is 1. The molecule has 0 spiro atoms. The highest BCUT2D eigenvalue weighted by atomic mass is 35.5. The Hall–Kier alpha value is -1.95. The molecule has 0 aliphatic heterocycles. The van der Waals surface area contributed by atoms with Gasteiger partial charge < -0.3 is 21.1 Å². The molecule has 1 amide bonds. The summed E-state index contributed by atoms with van der Waals surface area (Å²) in [5.74, 6) is -0.847. The van der Waals surface area contributed by atoms with Gasteiger partial charge in [0.05, 0.1) is 29.9 Å². The summed E-state index contributed by atoms with van der Waals surface area (Å²) >= 11 is 6.22. The van der Waals surface area contributed by atoms with E-state index in [0.717, 1.165) is 0 Å². The quantitative estimate of drug-likeness (QED) is 0.614. The Morgan fingerprint density at radius 3 is 2.48 bits per heavy atom. The smallest absolute Gasteiger partial charge is 0.340 e. The van der Waals surface area contributed by atoms with E-state index < -0.39 is 11.9 Å². The van der Waals surface area contributed by atoms with Gasteiger partial charge in [0.15, 0.2) is 0 Å². The number of ether oxygens (including phenoxy) is 1. The van der Waals surface area contributed by atoms with Crippen LogP contribution in [0, 0.1) is 5.92 Å². The number of hydrogen-bond donors (Lipinski definition) is 2. The first kappa shape index (κ1) is 17.1. The Morgan fingerprint density at radius 1 is 1.38 bits per heavy atom. The lowest BCUT2D eigenvalue weighted by molar-refractivity contribution is -0.116. The first-order chi connectivity index (χ1) is 9.76. The Bertz CT molecular complexity index is 547. The summed E-state index contributed by atoms with van der Waals surface area (Å²) in [5, 5.41) is 0.275. The highest BCUT2D eigenvalue weighted by molar-refractivity contribution is 6.34. The molecule has 7 heteroatoms. The Balaban J connectivity index is 3.40. The van der Waals surface area contributed by atoms with Crippen molar-refractivity contribution in [1.82, 2.24) is 0 Å². The van der Waals surface area contributed by atoms with Crippen LogP contribution in [0.4, 0.5) is 11.4 Å². The maximum absolute atomic E-state index is 11.9. The van der Waals surface area contributed by atoms with Gasteiger partial charge in [0.2, 0.25) is 5.91 Å². The molecule has 0 bridgehead atoms. The summed E-state index contributed by atoms with van der Waals surface area (Å²) in [6.45, 7) is 4.43. The molecule has 4 N–H and O–H groups in total. The molecule has 0 unspecified atom stereocenters. The van der Waals surface area contributed by atoms with Gasteiger partial charge in [0.1, 0.15) is 0 Å². The van der Waals surface area contributed by atoms with Gasteiger partial charge in [-0.3, -0.25) is 4.79 Å². The molecule has 0 fully saturated rings. The fourth-order valence-electron chi connectivity index (χ4n) is 2.07. The van der Waals surface area contributed by atoms with Crippen molar-refractivity contribution in [1.29, 1.82) is 0 Å². The standard InChI is InChI=1S/C14H20ClN3O3/c1-8(2)6-18(7-12(17)19)13-10(14(20)21-3)4-9(16)5-11(13)15/h4-5,8H,6-7,16H2,1-3H3,(H2,17,19). The van der Waals surface area contributed by atoms with Crippen LogP contribution in [0.15, 0.2) is 12.1 Å². The molecule has 0 heterocycles. The summed E-state index contributed by atoms with van der Waals surface area (Å²) in [4.78, 5) is 24.9. The second-order valence-electron chi connectivity index (χ2n) is 5.13. The molecule has 1 rings (SSSR count). The largest absolute Gasteiger partial charge is 0.465 e. The predicted octanol–water partition coefficient (Wildman–Crippen LogP) is 1.66. The molecule has 116 valence electrons. The number of hydrogen-bond acceptors (Lipinski definition) is 5. The van der Waals surface area contributed by atoms with Gasteiger partial charge in [0, 0.05) is 12.2 Å². The second-order valence-corrected chi connectivity index (χ2v) is 5.54. The molecular formula is C14H20ClN3O3. The van der Waals surface area contributed by atoms with Gasteiger partial charge in [-0.25, -0.2) is 4.79 Å². The van der Waals surface area contributed by atoms with E-state index in [2.05, 4.69) is 0 Å². The van der Waals surface area contributed by atoms with Crippen molar-refractivity contribution < 1.29 is 14.3 Å². The molecule has 0 aromatic heterocycles. The SMILES string of the molecule is COC(=O)c1cc(N)cc(Cl)c1N(CC(N)=O)CC(C)C. The minimum Gasteiger partial charge on any atom is -0.465 e. The van der Waals surface area contributed by atoms with Crippen molar-refractivity contribution in [3.8, 4) is 0 Å². The fraction of sp³-hybridized carbons (Fsp3) is 0.429. The van der Waals surface area contributed by atoms with Gasteiger partial charge in [0.25, 0.3) is 0 Å². The van der Waals surface area contributed by atoms with E-state index >= 15 is 0 Å². The zero-order chi connectivity index (χ0) is 16.2. The Kier molecular flexibility index (Phi) is 5.84. The highest BCUT2D eigenvalue weighted by Gasteiger charge is 2.23. The third kappa shape index (κ3) is 4.53. The number of nitrogens with two attached hydrogens (primary N) is 2. The van der Waals surface area contributed by atoms with Crippen molar-refractivity contribution in [2.75, 3.05) is 30.8 Å². The monoisotopic (exact) mass is 313 g/mol. The molecule has 21 heavy (non-hydrogen) atoms. The van der Waals surface area contributed by atoms with Crippen molar-refractivity contribution in [2.45, 2.75) is 13.8 Å². The zero-order valence-corrected chi connectivity index (χ0v) is 13.1. The summed E-state index contributed by atoms with van der Waals surface area (Å²) in [6.07, 6.45) is 0. The number of primary amides is 1. The van der Waals surface area contributed by atoms with Crippen LogP contribution in [0.3, 0.4) is 0 Å². The minimum atomic E-state index is -0.572. The number of nitrogens with zero attached hydrogens (tertiary/aromatic N) is 1. The number of halogens is 1. The predicted molar refractivity (Wildman–Crippen MR) is 83.4 cm³/mol. The molecule has 1 aromatic carbocycles. The highest BCUT2D eigenvalue weighted by Crippen LogP contribution is 2.33. The molecule has 0 saturated carbocycles. The van der Waals surface area contributed by atoms with Crippen molar-refractivity contribution in [3.63, 3.8) is 0 Å². The maximum atomic E-state index is 11.9. The van der Waals surface area contributed by atoms with Crippen LogP contribution < -0.4 is 16.4 Å². The first-order valence-corrected chi connectivity index (χ1v) is 6.84. The third-order valence-corrected chi connectivity index (χ3v) is 3.03. The molecule has 0 saturated heterocycles. The van der Waals surface area contributed by atoms with E-state index in [1.54, 1.807) is 4.90 Å². The van der Waals surface area contributed by atoms with E-state index in [1.807, 2.05) is 13.8 Å². The third-order valence-electron chi connectivity index (χ3n) is 2.74. The van der Waals surface area contributed by atoms with Crippen LogP contribution in [0.2, 0.25) is 5.02 Å². The summed E-state index contributed by atoms with van der Waals surface area (Å²) in [5.41, 5.74) is 12.0.